The molecule has 0 bridgehead atoms. The molecule has 0 aliphatic carbocycles. The standard InChI is InChI=1S/C23H20ClFN4O/c1-14(2)17-10-11-27-22(29-20-5-3-4-19(24)18(20)12-26)21(17)23(30)28-13-15-6-8-16(25)9-7-15/h3-11,14H,13H2,1-2H3,(H,27,29)(H,28,30). The fourth-order valence-electron chi connectivity index (χ4n) is 3.03. The molecule has 152 valence electrons. The van der Waals surface area contributed by atoms with Crippen LogP contribution < -0.4 is 10.6 Å². The molecule has 0 spiro atoms. The summed E-state index contributed by atoms with van der Waals surface area (Å²) in [4.78, 5) is 17.4. The van der Waals surface area contributed by atoms with Gasteiger partial charge in [-0.25, -0.2) is 9.37 Å². The van der Waals surface area contributed by atoms with Crippen molar-refractivity contribution in [2.24, 2.45) is 0 Å². The number of hydrogen-bond donors (Lipinski definition) is 2. The zero-order chi connectivity index (χ0) is 21.7. The van der Waals surface area contributed by atoms with E-state index < -0.39 is 0 Å². The smallest absolute Gasteiger partial charge is 0.255 e. The molecule has 0 fully saturated rings. The minimum absolute atomic E-state index is 0.0647. The number of benzene rings is 2. The first kappa shape index (κ1) is 21.3. The van der Waals surface area contributed by atoms with E-state index in [2.05, 4.69) is 21.7 Å². The lowest BCUT2D eigenvalue weighted by Crippen LogP contribution is -2.25. The molecule has 0 radical (unpaired) electrons. The molecule has 2 N–H and O–H groups in total. The van der Waals surface area contributed by atoms with Crippen molar-refractivity contribution in [3.8, 4) is 6.07 Å². The van der Waals surface area contributed by atoms with Crippen LogP contribution in [0.4, 0.5) is 15.9 Å². The summed E-state index contributed by atoms with van der Waals surface area (Å²) in [5.41, 5.74) is 2.71. The van der Waals surface area contributed by atoms with Gasteiger partial charge in [0.1, 0.15) is 17.7 Å². The number of pyridine rings is 1. The van der Waals surface area contributed by atoms with E-state index in [9.17, 15) is 14.4 Å². The Morgan fingerprint density at radius 1 is 1.20 bits per heavy atom. The molecule has 0 saturated heterocycles. The molecule has 0 unspecified atom stereocenters. The SMILES string of the molecule is CC(C)c1ccnc(Nc2cccc(Cl)c2C#N)c1C(=O)NCc1ccc(F)cc1. The average Bonchev–Trinajstić information content (AvgIpc) is 2.73. The van der Waals surface area contributed by atoms with Crippen molar-refractivity contribution < 1.29 is 9.18 Å². The van der Waals surface area contributed by atoms with Gasteiger partial charge in [0, 0.05) is 12.7 Å². The first-order chi connectivity index (χ1) is 14.4. The van der Waals surface area contributed by atoms with E-state index in [1.54, 1.807) is 42.6 Å². The summed E-state index contributed by atoms with van der Waals surface area (Å²) in [5, 5.41) is 15.7. The molecule has 0 saturated carbocycles. The van der Waals surface area contributed by atoms with Gasteiger partial charge < -0.3 is 10.6 Å². The third-order valence-corrected chi connectivity index (χ3v) is 4.89. The molecular formula is C23H20ClFN4O. The number of carbonyl (C=O) groups is 1. The van der Waals surface area contributed by atoms with Gasteiger partial charge in [-0.05, 0) is 47.4 Å². The second-order valence-corrected chi connectivity index (χ2v) is 7.39. The molecule has 2 aromatic carbocycles. The van der Waals surface area contributed by atoms with Gasteiger partial charge in [0.15, 0.2) is 0 Å². The Labute approximate surface area is 179 Å². The summed E-state index contributed by atoms with van der Waals surface area (Å²) in [5.74, 6) is -0.258. The minimum Gasteiger partial charge on any atom is -0.348 e. The number of rotatable bonds is 6. The van der Waals surface area contributed by atoms with Crippen LogP contribution in [0.5, 0.6) is 0 Å². The van der Waals surface area contributed by atoms with E-state index in [1.165, 1.54) is 12.1 Å². The van der Waals surface area contributed by atoms with Crippen molar-refractivity contribution in [3.05, 3.63) is 87.8 Å². The van der Waals surface area contributed by atoms with Gasteiger partial charge in [-0.1, -0.05) is 43.6 Å². The highest BCUT2D eigenvalue weighted by molar-refractivity contribution is 6.32. The second kappa shape index (κ2) is 9.38. The topological polar surface area (TPSA) is 77.8 Å². The predicted octanol–water partition coefficient (Wildman–Crippen LogP) is 5.54. The molecule has 7 heteroatoms. The number of aromatic nitrogens is 1. The maximum Gasteiger partial charge on any atom is 0.255 e. The number of anilines is 2. The lowest BCUT2D eigenvalue weighted by molar-refractivity contribution is 0.0950. The van der Waals surface area contributed by atoms with Crippen molar-refractivity contribution >= 4 is 29.0 Å². The molecule has 1 heterocycles. The highest BCUT2D eigenvalue weighted by Gasteiger charge is 2.20. The van der Waals surface area contributed by atoms with E-state index in [0.717, 1.165) is 11.1 Å². The first-order valence-corrected chi connectivity index (χ1v) is 9.75. The zero-order valence-corrected chi connectivity index (χ0v) is 17.3. The number of halogens is 2. The van der Waals surface area contributed by atoms with Gasteiger partial charge in [0.05, 0.1) is 21.8 Å². The average molecular weight is 423 g/mol. The number of nitrogens with zero attached hydrogens (tertiary/aromatic N) is 2. The number of nitrogens with one attached hydrogen (secondary N) is 2. The zero-order valence-electron chi connectivity index (χ0n) is 16.5. The Morgan fingerprint density at radius 2 is 1.93 bits per heavy atom. The molecule has 1 aromatic heterocycles. The fraction of sp³-hybridized carbons (Fsp3) is 0.174. The van der Waals surface area contributed by atoms with Gasteiger partial charge in [-0.3, -0.25) is 4.79 Å². The van der Waals surface area contributed by atoms with Gasteiger partial charge in [-0.2, -0.15) is 5.26 Å². The van der Waals surface area contributed by atoms with Crippen LogP contribution in [0.2, 0.25) is 5.02 Å². The highest BCUT2D eigenvalue weighted by atomic mass is 35.5. The maximum absolute atomic E-state index is 13.1. The quantitative estimate of drug-likeness (QED) is 0.546. The van der Waals surface area contributed by atoms with E-state index in [0.29, 0.717) is 22.1 Å². The van der Waals surface area contributed by atoms with Crippen LogP contribution in [-0.4, -0.2) is 10.9 Å². The van der Waals surface area contributed by atoms with Crippen molar-refractivity contribution in [1.82, 2.24) is 10.3 Å². The molecule has 0 aliphatic rings. The van der Waals surface area contributed by atoms with Crippen LogP contribution in [0.1, 0.15) is 46.8 Å². The normalized spacial score (nSPS) is 10.5. The molecule has 3 rings (SSSR count). The maximum atomic E-state index is 13.1. The molecule has 30 heavy (non-hydrogen) atoms. The molecule has 3 aromatic rings. The first-order valence-electron chi connectivity index (χ1n) is 9.38. The Morgan fingerprint density at radius 3 is 2.60 bits per heavy atom. The van der Waals surface area contributed by atoms with Crippen LogP contribution >= 0.6 is 11.6 Å². The summed E-state index contributed by atoms with van der Waals surface area (Å²) >= 11 is 6.12. The van der Waals surface area contributed by atoms with Gasteiger partial charge in [0.2, 0.25) is 0 Å². The Kier molecular flexibility index (Phi) is 6.65. The van der Waals surface area contributed by atoms with Crippen molar-refractivity contribution in [1.29, 1.82) is 5.26 Å². The van der Waals surface area contributed by atoms with Crippen molar-refractivity contribution in [2.75, 3.05) is 5.32 Å². The van der Waals surface area contributed by atoms with E-state index in [1.807, 2.05) is 13.8 Å². The largest absolute Gasteiger partial charge is 0.348 e. The second-order valence-electron chi connectivity index (χ2n) is 6.99. The Hall–Kier alpha value is -3.43. The van der Waals surface area contributed by atoms with Gasteiger partial charge in [0.25, 0.3) is 5.91 Å². The third kappa shape index (κ3) is 4.76. The molecule has 0 atom stereocenters. The monoisotopic (exact) mass is 422 g/mol. The summed E-state index contributed by atoms with van der Waals surface area (Å²) in [7, 11) is 0. The number of nitriles is 1. The summed E-state index contributed by atoms with van der Waals surface area (Å²) < 4.78 is 13.1. The summed E-state index contributed by atoms with van der Waals surface area (Å²) in [6.45, 7) is 4.21. The van der Waals surface area contributed by atoms with Crippen LogP contribution in [-0.2, 0) is 6.54 Å². The fourth-order valence-corrected chi connectivity index (χ4v) is 3.25. The van der Waals surface area contributed by atoms with E-state index in [4.69, 9.17) is 11.6 Å². The van der Waals surface area contributed by atoms with Crippen LogP contribution in [0, 0.1) is 17.1 Å². The predicted molar refractivity (Wildman–Crippen MR) is 115 cm³/mol. The summed E-state index contributed by atoms with van der Waals surface area (Å²) in [6, 6.07) is 14.8. The van der Waals surface area contributed by atoms with E-state index >= 15 is 0 Å². The van der Waals surface area contributed by atoms with Crippen LogP contribution in [0.15, 0.2) is 54.7 Å². The number of amides is 1. The van der Waals surface area contributed by atoms with Gasteiger partial charge in [-0.15, -0.1) is 0 Å². The minimum atomic E-state index is -0.333. The highest BCUT2D eigenvalue weighted by Crippen LogP contribution is 2.30. The summed E-state index contributed by atoms with van der Waals surface area (Å²) in [6.07, 6.45) is 1.62. The number of hydrogen-bond acceptors (Lipinski definition) is 4. The van der Waals surface area contributed by atoms with E-state index in [-0.39, 0.29) is 29.8 Å². The van der Waals surface area contributed by atoms with Gasteiger partial charge >= 0.3 is 0 Å². The van der Waals surface area contributed by atoms with Crippen LogP contribution in [0.25, 0.3) is 0 Å². The van der Waals surface area contributed by atoms with Crippen molar-refractivity contribution in [2.45, 2.75) is 26.3 Å². The number of carbonyl (C=O) groups excluding carboxylic acids is 1. The molecule has 5 nitrogen and oxygen atoms in total. The third-order valence-electron chi connectivity index (χ3n) is 4.58. The molecular weight excluding hydrogens is 403 g/mol. The Balaban J connectivity index is 1.94. The van der Waals surface area contributed by atoms with Crippen molar-refractivity contribution in [3.63, 3.8) is 0 Å². The molecule has 0 aliphatic heterocycles. The lowest BCUT2D eigenvalue weighted by Gasteiger charge is -2.18. The molecule has 1 amide bonds. The van der Waals surface area contributed by atoms with Crippen LogP contribution in [0.3, 0.4) is 0 Å². The lowest BCUT2D eigenvalue weighted by atomic mass is 9.97. The Bertz CT molecular complexity index is 1110.